The molecule has 2 heterocycles. The van der Waals surface area contributed by atoms with Crippen LogP contribution in [0.2, 0.25) is 10.0 Å². The number of nitrogens with one attached hydrogen (secondary N) is 2. The van der Waals surface area contributed by atoms with Gasteiger partial charge in [-0.1, -0.05) is 49.2 Å². The Morgan fingerprint density at radius 1 is 1.02 bits per heavy atom. The topological polar surface area (TPSA) is 115 Å². The first-order valence-corrected chi connectivity index (χ1v) is 14.3. The number of likely N-dealkylation sites (tertiary alicyclic amines) is 1. The fourth-order valence-electron chi connectivity index (χ4n) is 4.86. The van der Waals surface area contributed by atoms with Crippen molar-refractivity contribution < 1.29 is 19.5 Å². The highest BCUT2D eigenvalue weighted by atomic mass is 35.5. The normalized spacial score (nSPS) is 15.2. The summed E-state index contributed by atoms with van der Waals surface area (Å²) < 4.78 is 0. The lowest BCUT2D eigenvalue weighted by molar-refractivity contribution is -0.135. The molecular weight excluding hydrogens is 565 g/mol. The van der Waals surface area contributed by atoms with E-state index in [1.165, 1.54) is 24.4 Å². The van der Waals surface area contributed by atoms with Gasteiger partial charge in [0.1, 0.15) is 11.6 Å². The molecule has 0 aliphatic carbocycles. The fourth-order valence-corrected chi connectivity index (χ4v) is 5.19. The van der Waals surface area contributed by atoms with Crippen molar-refractivity contribution in [3.63, 3.8) is 0 Å². The number of benzene rings is 2. The van der Waals surface area contributed by atoms with Crippen molar-refractivity contribution in [1.82, 2.24) is 14.8 Å². The summed E-state index contributed by atoms with van der Waals surface area (Å²) in [5.41, 5.74) is 1.01. The number of carbonyl (C=O) groups is 3. The van der Waals surface area contributed by atoms with Gasteiger partial charge in [0.2, 0.25) is 5.91 Å². The molecule has 1 aliphatic rings. The first-order chi connectivity index (χ1) is 19.7. The monoisotopic (exact) mass is 597 g/mol. The predicted molar refractivity (Wildman–Crippen MR) is 161 cm³/mol. The Kier molecular flexibility index (Phi) is 10.2. The highest BCUT2D eigenvalue weighted by Crippen LogP contribution is 2.33. The van der Waals surface area contributed by atoms with Crippen LogP contribution in [0, 0.1) is 0 Å². The number of halogens is 2. The van der Waals surface area contributed by atoms with Crippen LogP contribution in [0.25, 0.3) is 0 Å². The number of carbonyl (C=O) groups excluding carboxylic acids is 3. The maximum atomic E-state index is 13.2. The van der Waals surface area contributed by atoms with Gasteiger partial charge >= 0.3 is 0 Å². The molecule has 1 saturated heterocycles. The van der Waals surface area contributed by atoms with E-state index in [4.69, 9.17) is 23.2 Å². The van der Waals surface area contributed by atoms with E-state index in [-0.39, 0.29) is 39.7 Å². The highest BCUT2D eigenvalue weighted by Gasteiger charge is 2.30. The molecule has 1 fully saturated rings. The van der Waals surface area contributed by atoms with Crippen molar-refractivity contribution in [3.8, 4) is 5.75 Å². The second-order valence-electron chi connectivity index (χ2n) is 9.79. The molecule has 3 aromatic rings. The number of aromatic nitrogens is 1. The number of phenols is 1. The minimum absolute atomic E-state index is 0.0469. The van der Waals surface area contributed by atoms with Crippen LogP contribution in [0.5, 0.6) is 5.75 Å². The third-order valence-electron chi connectivity index (χ3n) is 7.22. The van der Waals surface area contributed by atoms with Crippen LogP contribution in [-0.2, 0) is 4.79 Å². The highest BCUT2D eigenvalue weighted by molar-refractivity contribution is 6.32. The molecule has 0 radical (unpaired) electrons. The molecule has 0 bridgehead atoms. The largest absolute Gasteiger partial charge is 0.506 e. The van der Waals surface area contributed by atoms with E-state index in [9.17, 15) is 19.5 Å². The molecule has 0 saturated carbocycles. The average molecular weight is 599 g/mol. The first kappa shape index (κ1) is 30.3. The zero-order chi connectivity index (χ0) is 29.5. The van der Waals surface area contributed by atoms with Crippen LogP contribution in [0.1, 0.15) is 58.9 Å². The van der Waals surface area contributed by atoms with Crippen LogP contribution < -0.4 is 10.6 Å². The number of anilines is 2. The van der Waals surface area contributed by atoms with Crippen LogP contribution in [-0.4, -0.2) is 70.3 Å². The smallest absolute Gasteiger partial charge is 0.259 e. The quantitative estimate of drug-likeness (QED) is 0.260. The van der Waals surface area contributed by atoms with Gasteiger partial charge in [0.25, 0.3) is 11.8 Å². The zero-order valence-corrected chi connectivity index (χ0v) is 24.5. The number of amides is 3. The Morgan fingerprint density at radius 2 is 1.76 bits per heavy atom. The molecular formula is C30H33Cl2N5O4. The van der Waals surface area contributed by atoms with E-state index < -0.39 is 11.8 Å². The van der Waals surface area contributed by atoms with Crippen molar-refractivity contribution in [1.29, 1.82) is 0 Å². The lowest BCUT2D eigenvalue weighted by Gasteiger charge is -2.34. The Balaban J connectivity index is 1.47. The van der Waals surface area contributed by atoms with Crippen LogP contribution >= 0.6 is 23.2 Å². The van der Waals surface area contributed by atoms with Crippen LogP contribution in [0.3, 0.4) is 0 Å². The summed E-state index contributed by atoms with van der Waals surface area (Å²) in [7, 11) is 0. The molecule has 2 aromatic carbocycles. The van der Waals surface area contributed by atoms with Gasteiger partial charge in [0.05, 0.1) is 22.2 Å². The molecule has 41 heavy (non-hydrogen) atoms. The van der Waals surface area contributed by atoms with Gasteiger partial charge < -0.3 is 25.5 Å². The number of nitrogens with zero attached hydrogens (tertiary/aromatic N) is 3. The van der Waals surface area contributed by atoms with Crippen molar-refractivity contribution in [2.45, 2.75) is 32.6 Å². The third-order valence-corrected chi connectivity index (χ3v) is 7.66. The Bertz CT molecular complexity index is 1400. The van der Waals surface area contributed by atoms with Crippen molar-refractivity contribution in [2.75, 3.05) is 43.4 Å². The number of likely N-dealkylation sites (N-methyl/N-ethyl adjacent to an activating group) is 1. The van der Waals surface area contributed by atoms with Crippen molar-refractivity contribution >= 4 is 52.4 Å². The molecule has 1 unspecified atom stereocenters. The standard InChI is InChI=1S/C30H33Cl2N5O4/c1-3-36(4-2)14-15-37-13-5-6-23(30(37)41)19-7-9-20(10-8-19)28(39)35-27-24(16-22(32)17-25(27)38)29(40)34-26-12-11-21(31)18-33-26/h7-12,16-18,23,38H,3-6,13-15H2,1-2H3,(H,35,39)(H,33,34,40). The van der Waals surface area contributed by atoms with Gasteiger partial charge in [-0.3, -0.25) is 14.4 Å². The zero-order valence-electron chi connectivity index (χ0n) is 23.0. The summed E-state index contributed by atoms with van der Waals surface area (Å²) in [5, 5.41) is 16.3. The molecule has 3 amide bonds. The molecule has 1 atom stereocenters. The summed E-state index contributed by atoms with van der Waals surface area (Å²) in [6.07, 6.45) is 3.05. The second kappa shape index (κ2) is 13.8. The first-order valence-electron chi connectivity index (χ1n) is 13.6. The number of piperidine rings is 1. The van der Waals surface area contributed by atoms with Gasteiger partial charge in [-0.2, -0.15) is 0 Å². The number of rotatable bonds is 10. The summed E-state index contributed by atoms with van der Waals surface area (Å²) >= 11 is 11.9. The minimum atomic E-state index is -0.635. The fraction of sp³-hybridized carbons (Fsp3) is 0.333. The second-order valence-corrected chi connectivity index (χ2v) is 10.7. The molecule has 9 nitrogen and oxygen atoms in total. The summed E-state index contributed by atoms with van der Waals surface area (Å²) in [4.78, 5) is 47.6. The van der Waals surface area contributed by atoms with Crippen molar-refractivity contribution in [2.24, 2.45) is 0 Å². The lowest BCUT2D eigenvalue weighted by Crippen LogP contribution is -2.44. The van der Waals surface area contributed by atoms with Gasteiger partial charge in [0, 0.05) is 42.5 Å². The molecule has 1 aliphatic heterocycles. The number of phenolic OH excluding ortho intramolecular Hbond substituents is 1. The number of aromatic hydroxyl groups is 1. The molecule has 1 aromatic heterocycles. The van der Waals surface area contributed by atoms with E-state index in [0.717, 1.165) is 44.6 Å². The van der Waals surface area contributed by atoms with Gasteiger partial charge in [-0.25, -0.2) is 4.98 Å². The van der Waals surface area contributed by atoms with Crippen LogP contribution in [0.15, 0.2) is 54.7 Å². The van der Waals surface area contributed by atoms with Crippen molar-refractivity contribution in [3.05, 3.63) is 81.5 Å². The van der Waals surface area contributed by atoms with Crippen LogP contribution in [0.4, 0.5) is 11.5 Å². The molecule has 4 rings (SSSR count). The maximum Gasteiger partial charge on any atom is 0.259 e. The summed E-state index contributed by atoms with van der Waals surface area (Å²) in [5.74, 6) is -1.45. The van der Waals surface area contributed by atoms with Gasteiger partial charge in [0.15, 0.2) is 0 Å². The minimum Gasteiger partial charge on any atom is -0.506 e. The van der Waals surface area contributed by atoms with Gasteiger partial charge in [-0.05, 0) is 61.8 Å². The summed E-state index contributed by atoms with van der Waals surface area (Å²) in [6, 6.07) is 12.5. The maximum absolute atomic E-state index is 13.2. The SMILES string of the molecule is CCN(CC)CCN1CCCC(c2ccc(C(=O)Nc3c(O)cc(Cl)cc3C(=O)Nc3ccc(Cl)cn3)cc2)C1=O. The Morgan fingerprint density at radius 3 is 2.41 bits per heavy atom. The number of hydrogen-bond donors (Lipinski definition) is 3. The third kappa shape index (κ3) is 7.55. The average Bonchev–Trinajstić information content (AvgIpc) is 2.96. The number of pyridine rings is 1. The molecule has 0 spiro atoms. The Hall–Kier alpha value is -3.66. The number of hydrogen-bond acceptors (Lipinski definition) is 6. The van der Waals surface area contributed by atoms with Gasteiger partial charge in [-0.15, -0.1) is 0 Å². The lowest BCUT2D eigenvalue weighted by atomic mass is 9.89. The van der Waals surface area contributed by atoms with E-state index in [1.807, 2.05) is 4.90 Å². The molecule has 3 N–H and O–H groups in total. The summed E-state index contributed by atoms with van der Waals surface area (Å²) in [6.45, 7) is 8.43. The van der Waals surface area contributed by atoms with E-state index in [1.54, 1.807) is 30.3 Å². The van der Waals surface area contributed by atoms with E-state index >= 15 is 0 Å². The predicted octanol–water partition coefficient (Wildman–Crippen LogP) is 5.65. The Labute approximate surface area is 249 Å². The molecule has 11 heteroatoms. The molecule has 216 valence electrons. The van der Waals surface area contributed by atoms with E-state index in [2.05, 4.69) is 34.4 Å². The van der Waals surface area contributed by atoms with E-state index in [0.29, 0.717) is 17.1 Å².